The summed E-state index contributed by atoms with van der Waals surface area (Å²) < 4.78 is 29.4. The molecule has 1 aromatic carbocycles. The van der Waals surface area contributed by atoms with Crippen molar-refractivity contribution in [2.24, 2.45) is 5.41 Å². The molecule has 0 aliphatic carbocycles. The first-order valence-corrected chi connectivity index (χ1v) is 7.00. The molecule has 1 unspecified atom stereocenters. The second kappa shape index (κ2) is 7.94. The molecule has 1 rings (SSSR count). The van der Waals surface area contributed by atoms with Crippen molar-refractivity contribution >= 4 is 0 Å². The predicted octanol–water partition coefficient (Wildman–Crippen LogP) is 4.27. The smallest absolute Gasteiger partial charge is 0.387 e. The normalized spacial score (nSPS) is 13.0. The molecule has 0 fully saturated rings. The lowest BCUT2D eigenvalue weighted by molar-refractivity contribution is -0.0506. The van der Waals surface area contributed by atoms with E-state index in [0.29, 0.717) is 18.5 Å². The summed E-state index contributed by atoms with van der Waals surface area (Å²) in [7, 11) is 0. The van der Waals surface area contributed by atoms with E-state index in [9.17, 15) is 8.78 Å². The van der Waals surface area contributed by atoms with Crippen molar-refractivity contribution in [3.05, 3.63) is 29.8 Å². The second-order valence-corrected chi connectivity index (χ2v) is 5.84. The molecule has 0 aliphatic heterocycles. The van der Waals surface area contributed by atoms with Gasteiger partial charge in [-0.3, -0.25) is 0 Å². The van der Waals surface area contributed by atoms with Crippen LogP contribution in [0.15, 0.2) is 24.3 Å². The minimum Gasteiger partial charge on any atom is -0.434 e. The molecule has 5 heteroatoms. The molecule has 3 nitrogen and oxygen atoms in total. The molecule has 1 aromatic rings. The Hall–Kier alpha value is -1.67. The molecule has 0 saturated heterocycles. The molecule has 21 heavy (non-hydrogen) atoms. The molecular weight excluding hydrogens is 274 g/mol. The Bertz CT molecular complexity index is 483. The van der Waals surface area contributed by atoms with Gasteiger partial charge in [0.2, 0.25) is 0 Å². The number of hydrogen-bond acceptors (Lipinski definition) is 3. The van der Waals surface area contributed by atoms with Gasteiger partial charge in [-0.15, -0.1) is 0 Å². The zero-order valence-corrected chi connectivity index (χ0v) is 12.7. The van der Waals surface area contributed by atoms with Crippen LogP contribution in [0, 0.1) is 16.7 Å². The third kappa shape index (κ3) is 6.09. The summed E-state index contributed by atoms with van der Waals surface area (Å²) in [6, 6.07) is 8.82. The van der Waals surface area contributed by atoms with Crippen molar-refractivity contribution in [3.8, 4) is 11.8 Å². The first-order valence-electron chi connectivity index (χ1n) is 7.00. The van der Waals surface area contributed by atoms with Crippen molar-refractivity contribution < 1.29 is 13.5 Å². The summed E-state index contributed by atoms with van der Waals surface area (Å²) in [5.74, 6) is 0.197. The van der Waals surface area contributed by atoms with Crippen LogP contribution in [0.25, 0.3) is 0 Å². The number of nitriles is 1. The van der Waals surface area contributed by atoms with Gasteiger partial charge in [0, 0.05) is 24.6 Å². The highest BCUT2D eigenvalue weighted by atomic mass is 19.3. The van der Waals surface area contributed by atoms with E-state index in [4.69, 9.17) is 5.26 Å². The van der Waals surface area contributed by atoms with Gasteiger partial charge in [-0.25, -0.2) is 0 Å². The Morgan fingerprint density at radius 3 is 2.62 bits per heavy atom. The van der Waals surface area contributed by atoms with E-state index in [1.807, 2.05) is 6.92 Å². The van der Waals surface area contributed by atoms with Crippen LogP contribution in [0.2, 0.25) is 0 Å². The van der Waals surface area contributed by atoms with Gasteiger partial charge in [-0.05, 0) is 24.8 Å². The molecule has 0 aliphatic rings. The third-order valence-electron chi connectivity index (χ3n) is 3.40. The van der Waals surface area contributed by atoms with E-state index in [2.05, 4.69) is 30.0 Å². The minimum atomic E-state index is -2.83. The lowest BCUT2D eigenvalue weighted by atomic mass is 9.87. The van der Waals surface area contributed by atoms with Crippen molar-refractivity contribution in [1.29, 1.82) is 5.26 Å². The van der Waals surface area contributed by atoms with Crippen molar-refractivity contribution in [2.45, 2.75) is 46.3 Å². The maximum absolute atomic E-state index is 12.4. The molecule has 1 atom stereocenters. The molecule has 1 N–H and O–H groups in total. The fraction of sp³-hybridized carbons (Fsp3) is 0.562. The maximum atomic E-state index is 12.4. The molecule has 0 radical (unpaired) electrons. The van der Waals surface area contributed by atoms with Gasteiger partial charge < -0.3 is 10.1 Å². The van der Waals surface area contributed by atoms with E-state index < -0.39 is 6.61 Å². The Balaban J connectivity index is 2.67. The lowest BCUT2D eigenvalue weighted by Crippen LogP contribution is -2.31. The fourth-order valence-electron chi connectivity index (χ4n) is 2.06. The largest absolute Gasteiger partial charge is 0.434 e. The van der Waals surface area contributed by atoms with Gasteiger partial charge in [-0.1, -0.05) is 32.0 Å². The number of nitrogens with one attached hydrogen (secondary N) is 1. The van der Waals surface area contributed by atoms with Crippen LogP contribution >= 0.6 is 0 Å². The van der Waals surface area contributed by atoms with E-state index in [1.54, 1.807) is 24.3 Å². The second-order valence-electron chi connectivity index (χ2n) is 5.84. The standard InChI is InChI=1S/C16H22F2N2O/c1-12(20-11-16(2,3)9-6-10-19)13-7-4-5-8-14(13)21-15(17)18/h4-5,7-8,12,15,20H,6,9,11H2,1-3H3. The Morgan fingerprint density at radius 2 is 2.00 bits per heavy atom. The number of hydrogen-bond donors (Lipinski definition) is 1. The molecule has 0 spiro atoms. The molecular formula is C16H22F2N2O. The number of para-hydroxylation sites is 1. The monoisotopic (exact) mass is 296 g/mol. The SMILES string of the molecule is CC(NCC(C)(C)CCC#N)c1ccccc1OC(F)F. The topological polar surface area (TPSA) is 45.0 Å². The average Bonchev–Trinajstić information content (AvgIpc) is 2.43. The van der Waals surface area contributed by atoms with Crippen molar-refractivity contribution in [3.63, 3.8) is 0 Å². The number of halogens is 2. The van der Waals surface area contributed by atoms with E-state index in [0.717, 1.165) is 6.42 Å². The number of ether oxygens (including phenoxy) is 1. The number of nitrogens with zero attached hydrogens (tertiary/aromatic N) is 1. The Labute approximate surface area is 124 Å². The summed E-state index contributed by atoms with van der Waals surface area (Å²) in [4.78, 5) is 0. The van der Waals surface area contributed by atoms with Gasteiger partial charge in [-0.2, -0.15) is 14.0 Å². The van der Waals surface area contributed by atoms with Crippen LogP contribution in [0.1, 0.15) is 45.2 Å². The summed E-state index contributed by atoms with van der Waals surface area (Å²) >= 11 is 0. The van der Waals surface area contributed by atoms with Crippen LogP contribution in [0.3, 0.4) is 0 Å². The number of rotatable bonds is 8. The Kier molecular flexibility index (Phi) is 6.57. The van der Waals surface area contributed by atoms with Gasteiger partial charge in [0.25, 0.3) is 0 Å². The summed E-state index contributed by atoms with van der Waals surface area (Å²) in [5, 5.41) is 12.0. The fourth-order valence-corrected chi connectivity index (χ4v) is 2.06. The van der Waals surface area contributed by atoms with E-state index >= 15 is 0 Å². The van der Waals surface area contributed by atoms with Gasteiger partial charge in [0.1, 0.15) is 5.75 Å². The highest BCUT2D eigenvalue weighted by Gasteiger charge is 2.20. The van der Waals surface area contributed by atoms with Gasteiger partial charge in [0.15, 0.2) is 0 Å². The van der Waals surface area contributed by atoms with Crippen LogP contribution < -0.4 is 10.1 Å². The minimum absolute atomic E-state index is 0.0253. The van der Waals surface area contributed by atoms with Crippen LogP contribution in [0.5, 0.6) is 5.75 Å². The molecule has 0 bridgehead atoms. The van der Waals surface area contributed by atoms with Crippen LogP contribution in [-0.2, 0) is 0 Å². The summed E-state index contributed by atoms with van der Waals surface area (Å²) in [6.07, 6.45) is 1.30. The maximum Gasteiger partial charge on any atom is 0.387 e. The molecule has 0 aromatic heterocycles. The van der Waals surface area contributed by atoms with E-state index in [1.165, 1.54) is 0 Å². The van der Waals surface area contributed by atoms with Gasteiger partial charge >= 0.3 is 6.61 Å². The highest BCUT2D eigenvalue weighted by molar-refractivity contribution is 5.35. The average molecular weight is 296 g/mol. The van der Waals surface area contributed by atoms with Crippen molar-refractivity contribution in [1.82, 2.24) is 5.32 Å². The molecule has 0 saturated carbocycles. The first kappa shape index (κ1) is 17.4. The number of alkyl halides is 2. The predicted molar refractivity (Wildman–Crippen MR) is 78.1 cm³/mol. The van der Waals surface area contributed by atoms with Crippen LogP contribution in [-0.4, -0.2) is 13.2 Å². The number of benzene rings is 1. The molecule has 0 amide bonds. The quantitative estimate of drug-likeness (QED) is 0.779. The third-order valence-corrected chi connectivity index (χ3v) is 3.40. The van der Waals surface area contributed by atoms with Gasteiger partial charge in [0.05, 0.1) is 6.07 Å². The van der Waals surface area contributed by atoms with Crippen LogP contribution in [0.4, 0.5) is 8.78 Å². The zero-order valence-electron chi connectivity index (χ0n) is 12.7. The lowest BCUT2D eigenvalue weighted by Gasteiger charge is -2.27. The first-order chi connectivity index (χ1) is 9.85. The zero-order chi connectivity index (χ0) is 15.9. The van der Waals surface area contributed by atoms with Crippen molar-refractivity contribution in [2.75, 3.05) is 6.54 Å². The Morgan fingerprint density at radius 1 is 1.33 bits per heavy atom. The summed E-state index contributed by atoms with van der Waals surface area (Å²) in [6.45, 7) is 3.93. The molecule has 0 heterocycles. The summed E-state index contributed by atoms with van der Waals surface area (Å²) in [5.41, 5.74) is 0.677. The van der Waals surface area contributed by atoms with E-state index in [-0.39, 0.29) is 17.2 Å². The highest BCUT2D eigenvalue weighted by Crippen LogP contribution is 2.28. The molecule has 116 valence electrons.